The van der Waals surface area contributed by atoms with Crippen molar-refractivity contribution in [2.45, 2.75) is 38.6 Å². The van der Waals surface area contributed by atoms with E-state index in [1.54, 1.807) is 6.92 Å². The van der Waals surface area contributed by atoms with Crippen molar-refractivity contribution in [1.29, 1.82) is 0 Å². The average molecular weight is 294 g/mol. The van der Waals surface area contributed by atoms with E-state index in [4.69, 9.17) is 5.73 Å². The van der Waals surface area contributed by atoms with E-state index in [-0.39, 0.29) is 23.1 Å². The number of likely N-dealkylation sites (N-methyl/N-ethyl adjacent to an activating group) is 1. The first-order valence-corrected chi connectivity index (χ1v) is 7.21. The second kappa shape index (κ2) is 6.66. The number of rotatable bonds is 6. The molecule has 0 saturated heterocycles. The number of nitrogen functional groups attached to an aromatic ring is 1. The van der Waals surface area contributed by atoms with Crippen LogP contribution in [0, 0.1) is 17.0 Å². The Hall–Kier alpha value is -1.96. The number of hydrogen-bond donors (Lipinski definition) is 2. The zero-order valence-electron chi connectivity index (χ0n) is 12.5. The summed E-state index contributed by atoms with van der Waals surface area (Å²) in [5.74, 6) is 0.245. The van der Waals surface area contributed by atoms with Crippen LogP contribution >= 0.6 is 0 Å². The Morgan fingerprint density at radius 3 is 2.71 bits per heavy atom. The first kappa shape index (κ1) is 15.4. The van der Waals surface area contributed by atoms with Crippen LogP contribution in [-0.4, -0.2) is 46.0 Å². The molecule has 1 aliphatic rings. The van der Waals surface area contributed by atoms with Gasteiger partial charge in [-0.05, 0) is 26.8 Å². The van der Waals surface area contributed by atoms with Gasteiger partial charge in [0, 0.05) is 19.1 Å². The average Bonchev–Trinajstić information content (AvgIpc) is 2.91. The molecule has 8 heteroatoms. The van der Waals surface area contributed by atoms with Gasteiger partial charge in [0.25, 0.3) is 0 Å². The van der Waals surface area contributed by atoms with Gasteiger partial charge in [0.15, 0.2) is 0 Å². The maximum absolute atomic E-state index is 11.1. The highest BCUT2D eigenvalue weighted by molar-refractivity contribution is 5.60. The van der Waals surface area contributed by atoms with Gasteiger partial charge in [-0.25, -0.2) is 4.98 Å². The summed E-state index contributed by atoms with van der Waals surface area (Å²) in [6.45, 7) is 2.96. The van der Waals surface area contributed by atoms with Crippen molar-refractivity contribution in [2.24, 2.45) is 0 Å². The van der Waals surface area contributed by atoms with Crippen LogP contribution in [0.1, 0.15) is 31.4 Å². The van der Waals surface area contributed by atoms with E-state index in [0.29, 0.717) is 12.6 Å². The van der Waals surface area contributed by atoms with Crippen molar-refractivity contribution in [2.75, 3.05) is 31.2 Å². The fourth-order valence-corrected chi connectivity index (χ4v) is 2.81. The fourth-order valence-electron chi connectivity index (χ4n) is 2.81. The number of nitrogens with two attached hydrogens (primary N) is 1. The molecule has 0 bridgehead atoms. The molecule has 1 aromatic rings. The molecule has 8 nitrogen and oxygen atoms in total. The highest BCUT2D eigenvalue weighted by Gasteiger charge is 2.22. The van der Waals surface area contributed by atoms with Crippen molar-refractivity contribution < 1.29 is 4.92 Å². The summed E-state index contributed by atoms with van der Waals surface area (Å²) in [6.07, 6.45) is 5.04. The molecule has 116 valence electrons. The third-order valence-electron chi connectivity index (χ3n) is 3.96. The maximum Gasteiger partial charge on any atom is 0.332 e. The molecule has 0 radical (unpaired) electrons. The Morgan fingerprint density at radius 1 is 1.43 bits per heavy atom. The zero-order chi connectivity index (χ0) is 15.4. The predicted octanol–water partition coefficient (Wildman–Crippen LogP) is 1.56. The fraction of sp³-hybridized carbons (Fsp3) is 0.692. The molecule has 1 aliphatic carbocycles. The summed E-state index contributed by atoms with van der Waals surface area (Å²) < 4.78 is 0. The SMILES string of the molecule is Cc1nc(N)nc(NCCN(C)C2CCCC2)c1[N+](=O)[O-]. The molecule has 0 aromatic carbocycles. The van der Waals surface area contributed by atoms with Crippen LogP contribution in [-0.2, 0) is 0 Å². The van der Waals surface area contributed by atoms with Crippen molar-refractivity contribution in [3.05, 3.63) is 15.8 Å². The van der Waals surface area contributed by atoms with Crippen molar-refractivity contribution in [1.82, 2.24) is 14.9 Å². The second-order valence-electron chi connectivity index (χ2n) is 5.47. The molecular weight excluding hydrogens is 272 g/mol. The summed E-state index contributed by atoms with van der Waals surface area (Å²) >= 11 is 0. The van der Waals surface area contributed by atoms with Crippen LogP contribution in [0.5, 0.6) is 0 Å². The Morgan fingerprint density at radius 2 is 2.10 bits per heavy atom. The van der Waals surface area contributed by atoms with Gasteiger partial charge >= 0.3 is 5.69 Å². The largest absolute Gasteiger partial charge is 0.368 e. The smallest absolute Gasteiger partial charge is 0.332 e. The predicted molar refractivity (Wildman–Crippen MR) is 81.2 cm³/mol. The lowest BCUT2D eigenvalue weighted by molar-refractivity contribution is -0.385. The molecule has 0 spiro atoms. The van der Waals surface area contributed by atoms with E-state index in [1.807, 2.05) is 0 Å². The lowest BCUT2D eigenvalue weighted by Gasteiger charge is -2.24. The van der Waals surface area contributed by atoms with Gasteiger partial charge in [-0.3, -0.25) is 10.1 Å². The third kappa shape index (κ3) is 3.78. The van der Waals surface area contributed by atoms with Gasteiger partial charge in [0.05, 0.1) is 4.92 Å². The van der Waals surface area contributed by atoms with Gasteiger partial charge in [0.2, 0.25) is 11.8 Å². The summed E-state index contributed by atoms with van der Waals surface area (Å²) in [7, 11) is 2.09. The standard InChI is InChI=1S/C13H22N6O2/c1-9-11(19(20)21)12(17-13(14)16-9)15-7-8-18(2)10-5-3-4-6-10/h10H,3-8H2,1-2H3,(H3,14,15,16,17). The summed E-state index contributed by atoms with van der Waals surface area (Å²) in [5, 5.41) is 14.1. The van der Waals surface area contributed by atoms with Crippen LogP contribution in [0.15, 0.2) is 0 Å². The van der Waals surface area contributed by atoms with Gasteiger partial charge in [-0.15, -0.1) is 0 Å². The maximum atomic E-state index is 11.1. The number of hydrogen-bond acceptors (Lipinski definition) is 7. The Labute approximate surface area is 123 Å². The van der Waals surface area contributed by atoms with Crippen molar-refractivity contribution in [3.8, 4) is 0 Å². The number of aryl methyl sites for hydroxylation is 1. The van der Waals surface area contributed by atoms with E-state index in [2.05, 4.69) is 27.2 Å². The van der Waals surface area contributed by atoms with Crippen LogP contribution in [0.2, 0.25) is 0 Å². The minimum absolute atomic E-state index is 0.0461. The molecule has 1 saturated carbocycles. The first-order valence-electron chi connectivity index (χ1n) is 7.21. The van der Waals surface area contributed by atoms with Gasteiger partial charge < -0.3 is 16.0 Å². The summed E-state index contributed by atoms with van der Waals surface area (Å²) in [5.41, 5.74) is 5.74. The molecule has 1 aromatic heterocycles. The van der Waals surface area contributed by atoms with Crippen molar-refractivity contribution in [3.63, 3.8) is 0 Å². The highest BCUT2D eigenvalue weighted by Crippen LogP contribution is 2.26. The second-order valence-corrected chi connectivity index (χ2v) is 5.47. The Balaban J connectivity index is 1.97. The number of nitrogens with zero attached hydrogens (tertiary/aromatic N) is 4. The molecule has 0 amide bonds. The highest BCUT2D eigenvalue weighted by atomic mass is 16.6. The van der Waals surface area contributed by atoms with Crippen LogP contribution in [0.25, 0.3) is 0 Å². The van der Waals surface area contributed by atoms with E-state index in [1.165, 1.54) is 25.7 Å². The molecule has 0 atom stereocenters. The molecule has 1 fully saturated rings. The van der Waals surface area contributed by atoms with Crippen LogP contribution in [0.4, 0.5) is 17.5 Å². The van der Waals surface area contributed by atoms with E-state index < -0.39 is 4.92 Å². The van der Waals surface area contributed by atoms with Gasteiger partial charge in [0.1, 0.15) is 5.69 Å². The van der Waals surface area contributed by atoms with E-state index in [9.17, 15) is 10.1 Å². The summed E-state index contributed by atoms with van der Waals surface area (Å²) in [6, 6.07) is 0.624. The zero-order valence-corrected chi connectivity index (χ0v) is 12.5. The number of nitrogens with one attached hydrogen (secondary N) is 1. The van der Waals surface area contributed by atoms with E-state index in [0.717, 1.165) is 6.54 Å². The van der Waals surface area contributed by atoms with Crippen LogP contribution in [0.3, 0.4) is 0 Å². The quantitative estimate of drug-likeness (QED) is 0.605. The minimum atomic E-state index is -0.474. The lowest BCUT2D eigenvalue weighted by Crippen LogP contribution is -2.33. The van der Waals surface area contributed by atoms with E-state index >= 15 is 0 Å². The molecule has 1 heterocycles. The normalized spacial score (nSPS) is 15.6. The molecular formula is C13H22N6O2. The Kier molecular flexibility index (Phi) is 4.89. The van der Waals surface area contributed by atoms with Gasteiger partial charge in [-0.2, -0.15) is 4.98 Å². The topological polar surface area (TPSA) is 110 Å². The number of nitro groups is 1. The third-order valence-corrected chi connectivity index (χ3v) is 3.96. The molecule has 2 rings (SSSR count). The molecule has 21 heavy (non-hydrogen) atoms. The lowest BCUT2D eigenvalue weighted by atomic mass is 10.2. The molecule has 0 unspecified atom stereocenters. The van der Waals surface area contributed by atoms with Crippen LogP contribution < -0.4 is 11.1 Å². The number of aromatic nitrogens is 2. The van der Waals surface area contributed by atoms with Crippen molar-refractivity contribution >= 4 is 17.5 Å². The summed E-state index contributed by atoms with van der Waals surface area (Å²) in [4.78, 5) is 20.7. The monoisotopic (exact) mass is 294 g/mol. The molecule has 3 N–H and O–H groups in total. The Bertz CT molecular complexity index is 516. The minimum Gasteiger partial charge on any atom is -0.368 e. The number of anilines is 2. The van der Waals surface area contributed by atoms with Gasteiger partial charge in [-0.1, -0.05) is 12.8 Å². The molecule has 0 aliphatic heterocycles. The first-order chi connectivity index (χ1) is 9.99.